The fourth-order valence-corrected chi connectivity index (χ4v) is 3.51. The summed E-state index contributed by atoms with van der Waals surface area (Å²) >= 11 is 0. The molecule has 3 rings (SSSR count). The Labute approximate surface area is 144 Å². The molecule has 1 aliphatic heterocycles. The van der Waals surface area contributed by atoms with E-state index in [0.717, 1.165) is 17.0 Å². The average molecular weight is 345 g/mol. The first-order chi connectivity index (χ1) is 11.8. The Morgan fingerprint density at radius 2 is 2.04 bits per heavy atom. The summed E-state index contributed by atoms with van der Waals surface area (Å²) < 4.78 is 16.1. The van der Waals surface area contributed by atoms with Crippen molar-refractivity contribution >= 4 is 11.9 Å². The monoisotopic (exact) mass is 345 g/mol. The topological polar surface area (TPSA) is 75.4 Å². The normalized spacial score (nSPS) is 20.3. The van der Waals surface area contributed by atoms with Gasteiger partial charge in [-0.2, -0.15) is 5.10 Å². The van der Waals surface area contributed by atoms with Crippen molar-refractivity contribution in [3.63, 3.8) is 0 Å². The molecule has 1 aliphatic rings. The minimum absolute atomic E-state index is 0.132. The van der Waals surface area contributed by atoms with Gasteiger partial charge < -0.3 is 10.0 Å². The van der Waals surface area contributed by atoms with Crippen LogP contribution in [0.4, 0.5) is 4.39 Å². The lowest BCUT2D eigenvalue weighted by Crippen LogP contribution is -2.31. The van der Waals surface area contributed by atoms with Gasteiger partial charge >= 0.3 is 5.97 Å². The van der Waals surface area contributed by atoms with Crippen molar-refractivity contribution in [2.75, 3.05) is 0 Å². The second kappa shape index (κ2) is 6.31. The van der Waals surface area contributed by atoms with E-state index in [9.17, 15) is 19.1 Å². The molecular weight excluding hydrogens is 325 g/mol. The highest BCUT2D eigenvalue weighted by Crippen LogP contribution is 2.40. The molecule has 0 saturated carbocycles. The minimum atomic E-state index is -1.09. The highest BCUT2D eigenvalue weighted by atomic mass is 19.1. The number of carboxylic acids is 1. The molecule has 0 aliphatic carbocycles. The van der Waals surface area contributed by atoms with Crippen molar-refractivity contribution in [2.24, 2.45) is 13.0 Å². The summed E-state index contributed by atoms with van der Waals surface area (Å²) in [6, 6.07) is 5.20. The van der Waals surface area contributed by atoms with Crippen LogP contribution in [0.1, 0.15) is 35.0 Å². The van der Waals surface area contributed by atoms with Gasteiger partial charge in [-0.05, 0) is 19.9 Å². The largest absolute Gasteiger partial charge is 0.481 e. The van der Waals surface area contributed by atoms with Gasteiger partial charge in [0, 0.05) is 36.8 Å². The highest BCUT2D eigenvalue weighted by molar-refractivity contribution is 5.87. The Morgan fingerprint density at radius 3 is 2.60 bits per heavy atom. The van der Waals surface area contributed by atoms with Gasteiger partial charge in [0.2, 0.25) is 5.91 Å². The summed E-state index contributed by atoms with van der Waals surface area (Å²) in [7, 11) is 1.81. The Kier molecular flexibility index (Phi) is 4.32. The number of carbonyl (C=O) groups excluding carboxylic acids is 1. The van der Waals surface area contributed by atoms with Crippen LogP contribution in [0.5, 0.6) is 0 Å². The average Bonchev–Trinajstić information content (AvgIpc) is 3.00. The molecule has 1 aromatic carbocycles. The van der Waals surface area contributed by atoms with Crippen LogP contribution >= 0.6 is 0 Å². The third-order valence-electron chi connectivity index (χ3n) is 4.96. The van der Waals surface area contributed by atoms with Gasteiger partial charge in [0.1, 0.15) is 5.82 Å². The van der Waals surface area contributed by atoms with Gasteiger partial charge in [-0.1, -0.05) is 18.2 Å². The Hall–Kier alpha value is -2.70. The van der Waals surface area contributed by atoms with Gasteiger partial charge in [-0.15, -0.1) is 0 Å². The first-order valence-electron chi connectivity index (χ1n) is 8.07. The van der Waals surface area contributed by atoms with Crippen molar-refractivity contribution in [2.45, 2.75) is 32.9 Å². The molecule has 132 valence electrons. The molecule has 0 radical (unpaired) electrons. The van der Waals surface area contributed by atoms with Crippen LogP contribution in [-0.2, 0) is 23.2 Å². The number of carbonyl (C=O) groups is 2. The predicted molar refractivity (Wildman–Crippen MR) is 88.1 cm³/mol. The third-order valence-corrected chi connectivity index (χ3v) is 4.96. The van der Waals surface area contributed by atoms with E-state index < -0.39 is 23.7 Å². The molecule has 1 fully saturated rings. The van der Waals surface area contributed by atoms with Gasteiger partial charge in [0.25, 0.3) is 0 Å². The maximum absolute atomic E-state index is 14.3. The van der Waals surface area contributed by atoms with E-state index in [0.29, 0.717) is 0 Å². The molecule has 1 amide bonds. The molecule has 6 nitrogen and oxygen atoms in total. The summed E-state index contributed by atoms with van der Waals surface area (Å²) in [5.74, 6) is -2.85. The molecule has 0 unspecified atom stereocenters. The number of aromatic nitrogens is 2. The molecule has 2 aromatic rings. The van der Waals surface area contributed by atoms with Gasteiger partial charge in [-0.25, -0.2) is 4.39 Å². The van der Waals surface area contributed by atoms with Crippen LogP contribution in [0.3, 0.4) is 0 Å². The lowest BCUT2D eigenvalue weighted by atomic mass is 9.93. The van der Waals surface area contributed by atoms with E-state index in [1.54, 1.807) is 22.9 Å². The number of benzene rings is 1. The number of carboxylic acid groups (broad SMARTS) is 1. The summed E-state index contributed by atoms with van der Waals surface area (Å²) in [6.45, 7) is 3.95. The number of nitrogens with zero attached hydrogens (tertiary/aromatic N) is 3. The zero-order valence-electron chi connectivity index (χ0n) is 14.4. The molecule has 25 heavy (non-hydrogen) atoms. The first-order valence-corrected chi connectivity index (χ1v) is 8.07. The number of aliphatic carboxylic acids is 1. The second-order valence-corrected chi connectivity index (χ2v) is 6.41. The molecule has 0 spiro atoms. The Balaban J connectivity index is 2.05. The summed E-state index contributed by atoms with van der Waals surface area (Å²) in [6.07, 6.45) is -0.132. The SMILES string of the molecule is Cc1nn(C)c(C)c1CN1C(=O)C[C@@H](C(=O)O)[C@@H]1c1ccccc1F. The van der Waals surface area contributed by atoms with E-state index in [4.69, 9.17) is 0 Å². The van der Waals surface area contributed by atoms with Crippen molar-refractivity contribution in [1.29, 1.82) is 0 Å². The fraction of sp³-hybridized carbons (Fsp3) is 0.389. The van der Waals surface area contributed by atoms with Crippen LogP contribution in [0.2, 0.25) is 0 Å². The minimum Gasteiger partial charge on any atom is -0.481 e. The smallest absolute Gasteiger partial charge is 0.309 e. The molecule has 2 heterocycles. The Bertz CT molecular complexity index is 846. The van der Waals surface area contributed by atoms with Crippen LogP contribution < -0.4 is 0 Å². The summed E-state index contributed by atoms with van der Waals surface area (Å²) in [5.41, 5.74) is 2.78. The quantitative estimate of drug-likeness (QED) is 0.923. The third kappa shape index (κ3) is 2.90. The molecular formula is C18H20FN3O3. The second-order valence-electron chi connectivity index (χ2n) is 6.41. The van der Waals surface area contributed by atoms with Crippen molar-refractivity contribution in [3.05, 3.63) is 52.6 Å². The molecule has 2 atom stereocenters. The van der Waals surface area contributed by atoms with E-state index in [1.165, 1.54) is 11.0 Å². The summed E-state index contributed by atoms with van der Waals surface area (Å²) in [5, 5.41) is 13.9. The van der Waals surface area contributed by atoms with Crippen LogP contribution in [-0.4, -0.2) is 31.7 Å². The molecule has 0 bridgehead atoms. The first kappa shape index (κ1) is 17.1. The maximum atomic E-state index is 14.3. The number of hydrogen-bond donors (Lipinski definition) is 1. The molecule has 1 aromatic heterocycles. The molecule has 7 heteroatoms. The number of aryl methyl sites for hydroxylation is 2. The number of amides is 1. The number of likely N-dealkylation sites (tertiary alicyclic amines) is 1. The number of hydrogen-bond acceptors (Lipinski definition) is 3. The van der Waals surface area contributed by atoms with Crippen molar-refractivity contribution in [1.82, 2.24) is 14.7 Å². The number of halogens is 1. The van der Waals surface area contributed by atoms with Gasteiger partial charge in [0.15, 0.2) is 0 Å². The maximum Gasteiger partial charge on any atom is 0.309 e. The fourth-order valence-electron chi connectivity index (χ4n) is 3.51. The van der Waals surface area contributed by atoms with Crippen LogP contribution in [0.25, 0.3) is 0 Å². The van der Waals surface area contributed by atoms with E-state index in [2.05, 4.69) is 5.10 Å². The van der Waals surface area contributed by atoms with Crippen LogP contribution in [0.15, 0.2) is 24.3 Å². The zero-order valence-corrected chi connectivity index (χ0v) is 14.4. The van der Waals surface area contributed by atoms with Gasteiger partial charge in [-0.3, -0.25) is 14.3 Å². The van der Waals surface area contributed by atoms with Gasteiger partial charge in [0.05, 0.1) is 17.7 Å². The standard InChI is InChI=1S/C18H20FN3O3/c1-10-14(11(2)21(3)20-10)9-22-16(23)8-13(18(24)25)17(22)12-6-4-5-7-15(12)19/h4-7,13,17H,8-9H2,1-3H3,(H,24,25)/t13-,17+/m1/s1. The van der Waals surface area contributed by atoms with E-state index in [-0.39, 0.29) is 24.4 Å². The lowest BCUT2D eigenvalue weighted by molar-refractivity contribution is -0.142. The highest BCUT2D eigenvalue weighted by Gasteiger charge is 2.45. The zero-order chi connectivity index (χ0) is 18.3. The van der Waals surface area contributed by atoms with Crippen molar-refractivity contribution in [3.8, 4) is 0 Å². The lowest BCUT2D eigenvalue weighted by Gasteiger charge is -2.28. The molecule has 1 N–H and O–H groups in total. The van der Waals surface area contributed by atoms with E-state index >= 15 is 0 Å². The number of rotatable bonds is 4. The molecule has 1 saturated heterocycles. The Morgan fingerprint density at radius 1 is 1.36 bits per heavy atom. The van der Waals surface area contributed by atoms with Crippen LogP contribution in [0, 0.1) is 25.6 Å². The predicted octanol–water partition coefficient (Wildman–Crippen LogP) is 2.35. The summed E-state index contributed by atoms with van der Waals surface area (Å²) in [4.78, 5) is 25.7. The van der Waals surface area contributed by atoms with Crippen molar-refractivity contribution < 1.29 is 19.1 Å². The van der Waals surface area contributed by atoms with E-state index in [1.807, 2.05) is 20.9 Å².